The summed E-state index contributed by atoms with van der Waals surface area (Å²) in [6.45, 7) is 2.01. The Balaban J connectivity index is 1.37. The summed E-state index contributed by atoms with van der Waals surface area (Å²) in [5, 5.41) is 3.63. The van der Waals surface area contributed by atoms with Gasteiger partial charge in [0, 0.05) is 43.5 Å². The smallest absolute Gasteiger partial charge is 0.298 e. The highest BCUT2D eigenvalue weighted by Gasteiger charge is 2.28. The third kappa shape index (κ3) is 3.67. The molecule has 1 saturated heterocycles. The molecule has 7 nitrogen and oxygen atoms in total. The monoisotopic (exact) mass is 373 g/mol. The summed E-state index contributed by atoms with van der Waals surface area (Å²) in [5.74, 6) is 0.875. The number of piperidine rings is 1. The van der Waals surface area contributed by atoms with Crippen molar-refractivity contribution in [1.29, 1.82) is 0 Å². The van der Waals surface area contributed by atoms with Crippen molar-refractivity contribution in [2.24, 2.45) is 5.92 Å². The number of carbonyl (C=O) groups is 1. The number of nitrogens with one attached hydrogen (secondary N) is 2. The first-order valence-electron chi connectivity index (χ1n) is 8.76. The van der Waals surface area contributed by atoms with Gasteiger partial charge in [0.25, 0.3) is 6.01 Å². The minimum atomic E-state index is -0.0704. The van der Waals surface area contributed by atoms with Gasteiger partial charge in [0.05, 0.1) is 5.92 Å². The molecule has 0 saturated carbocycles. The summed E-state index contributed by atoms with van der Waals surface area (Å²) < 4.78 is 5.83. The normalized spacial score (nSPS) is 17.6. The van der Waals surface area contributed by atoms with Crippen molar-refractivity contribution in [2.75, 3.05) is 24.5 Å². The third-order valence-electron chi connectivity index (χ3n) is 4.62. The van der Waals surface area contributed by atoms with Gasteiger partial charge in [-0.1, -0.05) is 11.6 Å². The van der Waals surface area contributed by atoms with E-state index < -0.39 is 0 Å². The second-order valence-corrected chi connectivity index (χ2v) is 6.91. The van der Waals surface area contributed by atoms with Crippen LogP contribution in [0.25, 0.3) is 11.1 Å². The molecule has 8 heteroatoms. The second kappa shape index (κ2) is 7.37. The van der Waals surface area contributed by atoms with Crippen molar-refractivity contribution < 1.29 is 9.21 Å². The predicted octanol–water partition coefficient (Wildman–Crippen LogP) is 2.78. The van der Waals surface area contributed by atoms with Gasteiger partial charge in [-0.2, -0.15) is 4.98 Å². The Morgan fingerprint density at radius 1 is 1.46 bits per heavy atom. The number of benzene rings is 1. The molecule has 0 spiro atoms. The second-order valence-electron chi connectivity index (χ2n) is 6.47. The summed E-state index contributed by atoms with van der Waals surface area (Å²) in [6, 6.07) is 5.93. The van der Waals surface area contributed by atoms with Gasteiger partial charge in [-0.05, 0) is 31.0 Å². The number of oxazole rings is 1. The molecule has 136 valence electrons. The number of nitrogens with zero attached hydrogens (tertiary/aromatic N) is 3. The summed E-state index contributed by atoms with van der Waals surface area (Å²) in [7, 11) is 0. The molecular weight excluding hydrogens is 354 g/mol. The van der Waals surface area contributed by atoms with E-state index in [9.17, 15) is 4.79 Å². The summed E-state index contributed by atoms with van der Waals surface area (Å²) >= 11 is 6.01. The number of anilines is 1. The molecule has 2 N–H and O–H groups in total. The van der Waals surface area contributed by atoms with E-state index in [4.69, 9.17) is 16.0 Å². The van der Waals surface area contributed by atoms with Crippen LogP contribution >= 0.6 is 11.6 Å². The first-order chi connectivity index (χ1) is 12.7. The zero-order chi connectivity index (χ0) is 17.9. The first-order valence-corrected chi connectivity index (χ1v) is 9.14. The Kier molecular flexibility index (Phi) is 4.79. The molecule has 1 amide bonds. The van der Waals surface area contributed by atoms with Crippen LogP contribution in [0.15, 0.2) is 35.0 Å². The summed E-state index contributed by atoms with van der Waals surface area (Å²) in [6.07, 6.45) is 5.99. The Bertz CT molecular complexity index is 892. The van der Waals surface area contributed by atoms with Gasteiger partial charge in [-0.25, -0.2) is 4.98 Å². The molecule has 1 aliphatic rings. The van der Waals surface area contributed by atoms with Crippen LogP contribution in [0.3, 0.4) is 0 Å². The predicted molar refractivity (Wildman–Crippen MR) is 99.3 cm³/mol. The molecule has 1 fully saturated rings. The number of H-pyrrole nitrogens is 1. The SMILES string of the molecule is O=C(NCCc1ncc[nH]1)C1CCCN(c2nc3cc(Cl)ccc3o2)C1. The van der Waals surface area contributed by atoms with Crippen molar-refractivity contribution in [2.45, 2.75) is 19.3 Å². The highest BCUT2D eigenvalue weighted by molar-refractivity contribution is 6.31. The fourth-order valence-electron chi connectivity index (χ4n) is 3.27. The maximum absolute atomic E-state index is 12.5. The molecule has 1 aromatic carbocycles. The minimum absolute atomic E-state index is 0.0698. The van der Waals surface area contributed by atoms with Gasteiger partial charge in [-0.3, -0.25) is 4.79 Å². The molecule has 26 heavy (non-hydrogen) atoms. The van der Waals surface area contributed by atoms with Gasteiger partial charge in [0.2, 0.25) is 5.91 Å². The van der Waals surface area contributed by atoms with Crippen LogP contribution in [0.4, 0.5) is 6.01 Å². The highest BCUT2D eigenvalue weighted by atomic mass is 35.5. The van der Waals surface area contributed by atoms with Crippen molar-refractivity contribution in [3.63, 3.8) is 0 Å². The van der Waals surface area contributed by atoms with Crippen LogP contribution in [0, 0.1) is 5.92 Å². The molecule has 1 atom stereocenters. The molecule has 0 aliphatic carbocycles. The quantitative estimate of drug-likeness (QED) is 0.718. The zero-order valence-electron chi connectivity index (χ0n) is 14.2. The van der Waals surface area contributed by atoms with E-state index in [1.165, 1.54) is 0 Å². The van der Waals surface area contributed by atoms with E-state index in [1.54, 1.807) is 24.5 Å². The number of aromatic amines is 1. The number of carbonyl (C=O) groups excluding carboxylic acids is 1. The first kappa shape index (κ1) is 16.9. The van der Waals surface area contributed by atoms with Crippen LogP contribution in [0.2, 0.25) is 5.02 Å². The van der Waals surface area contributed by atoms with Crippen molar-refractivity contribution in [1.82, 2.24) is 20.3 Å². The van der Waals surface area contributed by atoms with Gasteiger partial charge in [0.1, 0.15) is 11.3 Å². The molecule has 0 radical (unpaired) electrons. The van der Waals surface area contributed by atoms with E-state index in [1.807, 2.05) is 11.0 Å². The zero-order valence-corrected chi connectivity index (χ0v) is 15.0. The van der Waals surface area contributed by atoms with Crippen molar-refractivity contribution in [3.05, 3.63) is 41.4 Å². The van der Waals surface area contributed by atoms with Gasteiger partial charge >= 0.3 is 0 Å². The van der Waals surface area contributed by atoms with E-state index in [0.29, 0.717) is 36.1 Å². The molecular formula is C18H20ClN5O2. The lowest BCUT2D eigenvalue weighted by atomic mass is 9.97. The fourth-order valence-corrected chi connectivity index (χ4v) is 3.44. The molecule has 3 heterocycles. The maximum atomic E-state index is 12.5. The number of hydrogen-bond donors (Lipinski definition) is 2. The van der Waals surface area contributed by atoms with Crippen LogP contribution in [-0.2, 0) is 11.2 Å². The molecule has 2 aromatic heterocycles. The average Bonchev–Trinajstić information content (AvgIpc) is 3.31. The number of imidazole rings is 1. The molecule has 0 bridgehead atoms. The van der Waals surface area contributed by atoms with Crippen LogP contribution < -0.4 is 10.2 Å². The standard InChI is InChI=1S/C18H20ClN5O2/c19-13-3-4-15-14(10-13)23-18(26-15)24-9-1-2-12(11-24)17(25)22-6-5-16-20-7-8-21-16/h3-4,7-8,10,12H,1-2,5-6,9,11H2,(H,20,21)(H,22,25). The lowest BCUT2D eigenvalue weighted by molar-refractivity contribution is -0.125. The number of amides is 1. The summed E-state index contributed by atoms with van der Waals surface area (Å²) in [4.78, 5) is 26.2. The Hall–Kier alpha value is -2.54. The lowest BCUT2D eigenvalue weighted by Gasteiger charge is -2.30. The van der Waals surface area contributed by atoms with Gasteiger partial charge in [0.15, 0.2) is 5.58 Å². The van der Waals surface area contributed by atoms with E-state index in [2.05, 4.69) is 20.3 Å². The number of rotatable bonds is 5. The van der Waals surface area contributed by atoms with Crippen LogP contribution in [0.5, 0.6) is 0 Å². The van der Waals surface area contributed by atoms with E-state index in [-0.39, 0.29) is 11.8 Å². The Labute approximate surface area is 155 Å². The molecule has 1 unspecified atom stereocenters. The average molecular weight is 374 g/mol. The lowest BCUT2D eigenvalue weighted by Crippen LogP contribution is -2.43. The summed E-state index contributed by atoms with van der Waals surface area (Å²) in [5.41, 5.74) is 1.44. The van der Waals surface area contributed by atoms with E-state index in [0.717, 1.165) is 30.7 Å². The maximum Gasteiger partial charge on any atom is 0.298 e. The Morgan fingerprint density at radius 2 is 2.38 bits per heavy atom. The van der Waals surface area contributed by atoms with Gasteiger partial charge < -0.3 is 19.6 Å². The Morgan fingerprint density at radius 3 is 3.23 bits per heavy atom. The molecule has 3 aromatic rings. The highest BCUT2D eigenvalue weighted by Crippen LogP contribution is 2.27. The molecule has 1 aliphatic heterocycles. The minimum Gasteiger partial charge on any atom is -0.423 e. The van der Waals surface area contributed by atoms with Crippen LogP contribution in [0.1, 0.15) is 18.7 Å². The number of fused-ring (bicyclic) bond motifs is 1. The van der Waals surface area contributed by atoms with Gasteiger partial charge in [-0.15, -0.1) is 0 Å². The number of halogens is 1. The van der Waals surface area contributed by atoms with E-state index >= 15 is 0 Å². The number of hydrogen-bond acceptors (Lipinski definition) is 5. The van der Waals surface area contributed by atoms with Crippen molar-refractivity contribution >= 4 is 34.6 Å². The largest absolute Gasteiger partial charge is 0.423 e. The number of aromatic nitrogens is 3. The van der Waals surface area contributed by atoms with Crippen LogP contribution in [-0.4, -0.2) is 40.5 Å². The van der Waals surface area contributed by atoms with Crippen molar-refractivity contribution in [3.8, 4) is 0 Å². The fraction of sp³-hybridized carbons (Fsp3) is 0.389. The topological polar surface area (TPSA) is 87.0 Å². The molecule has 4 rings (SSSR count). The third-order valence-corrected chi connectivity index (χ3v) is 4.85.